The Labute approximate surface area is 139 Å². The van der Waals surface area contributed by atoms with Gasteiger partial charge in [0.1, 0.15) is 0 Å². The third-order valence-corrected chi connectivity index (χ3v) is 4.34. The Hall–Kier alpha value is -2.89. The van der Waals surface area contributed by atoms with Crippen molar-refractivity contribution in [3.05, 3.63) is 53.7 Å². The molecule has 1 fully saturated rings. The highest BCUT2D eigenvalue weighted by atomic mass is 16.4. The summed E-state index contributed by atoms with van der Waals surface area (Å²) < 4.78 is 5.75. The van der Waals surface area contributed by atoms with Crippen molar-refractivity contribution >= 4 is 23.2 Å². The first-order chi connectivity index (χ1) is 11.7. The molecule has 6 heteroatoms. The number of benzene rings is 1. The van der Waals surface area contributed by atoms with Crippen LogP contribution in [0.2, 0.25) is 0 Å². The van der Waals surface area contributed by atoms with Gasteiger partial charge in [-0.15, -0.1) is 0 Å². The number of hydrogen-bond acceptors (Lipinski definition) is 5. The van der Waals surface area contributed by atoms with Crippen LogP contribution in [0.1, 0.15) is 22.3 Å². The molecular formula is C18H18N4O2. The summed E-state index contributed by atoms with van der Waals surface area (Å²) in [5.41, 5.74) is 3.00. The summed E-state index contributed by atoms with van der Waals surface area (Å²) in [6.45, 7) is 3.43. The van der Waals surface area contributed by atoms with Crippen molar-refractivity contribution < 1.29 is 9.21 Å². The quantitative estimate of drug-likeness (QED) is 0.802. The monoisotopic (exact) mass is 322 g/mol. The molecule has 0 bridgehead atoms. The smallest absolute Gasteiger partial charge is 0.300 e. The summed E-state index contributed by atoms with van der Waals surface area (Å²) in [5.74, 6) is -0.0285. The van der Waals surface area contributed by atoms with E-state index in [9.17, 15) is 4.79 Å². The zero-order valence-corrected chi connectivity index (χ0v) is 13.4. The number of nitrogens with zero attached hydrogens (tertiary/aromatic N) is 3. The highest BCUT2D eigenvalue weighted by Gasteiger charge is 2.27. The second-order valence-electron chi connectivity index (χ2n) is 6.04. The predicted molar refractivity (Wildman–Crippen MR) is 91.1 cm³/mol. The number of fused-ring (bicyclic) bond motifs is 1. The number of pyridine rings is 1. The number of rotatable bonds is 3. The molecule has 2 aromatic heterocycles. The fourth-order valence-corrected chi connectivity index (χ4v) is 3.04. The molecule has 0 saturated carbocycles. The van der Waals surface area contributed by atoms with Gasteiger partial charge in [-0.05, 0) is 37.1 Å². The van der Waals surface area contributed by atoms with E-state index < -0.39 is 0 Å². The second-order valence-corrected chi connectivity index (χ2v) is 6.04. The molecule has 0 spiro atoms. The van der Waals surface area contributed by atoms with Crippen LogP contribution in [-0.2, 0) is 0 Å². The summed E-state index contributed by atoms with van der Waals surface area (Å²) in [7, 11) is 0. The zero-order valence-electron chi connectivity index (χ0n) is 13.4. The lowest BCUT2D eigenvalue weighted by Gasteiger charge is -2.15. The van der Waals surface area contributed by atoms with Crippen molar-refractivity contribution in [3.63, 3.8) is 0 Å². The van der Waals surface area contributed by atoms with Gasteiger partial charge in [-0.2, -0.15) is 4.98 Å². The zero-order chi connectivity index (χ0) is 16.5. The number of oxazole rings is 1. The lowest BCUT2D eigenvalue weighted by Crippen LogP contribution is -2.37. The van der Waals surface area contributed by atoms with Crippen molar-refractivity contribution in [2.75, 3.05) is 18.0 Å². The second kappa shape index (κ2) is 5.96. The minimum Gasteiger partial charge on any atom is -0.422 e. The van der Waals surface area contributed by atoms with Crippen LogP contribution in [0.5, 0.6) is 0 Å². The molecule has 122 valence electrons. The van der Waals surface area contributed by atoms with E-state index in [0.29, 0.717) is 23.8 Å². The number of carbonyl (C=O) groups excluding carboxylic acids is 1. The molecule has 0 radical (unpaired) electrons. The van der Waals surface area contributed by atoms with Gasteiger partial charge in [-0.3, -0.25) is 4.79 Å². The Morgan fingerprint density at radius 3 is 3.00 bits per heavy atom. The van der Waals surface area contributed by atoms with Crippen LogP contribution >= 0.6 is 0 Å². The molecule has 1 unspecified atom stereocenters. The highest BCUT2D eigenvalue weighted by molar-refractivity contribution is 5.95. The Kier molecular flexibility index (Phi) is 3.65. The number of aromatic nitrogens is 2. The highest BCUT2D eigenvalue weighted by Crippen LogP contribution is 2.23. The summed E-state index contributed by atoms with van der Waals surface area (Å²) in [6.07, 6.45) is 2.56. The standard InChI is InChI=1S/C18H18N4O2/c1-12-5-2-3-6-14(12)17(23)20-13-8-10-22(11-13)18-21-16-15(24-18)7-4-9-19-16/h2-7,9,13H,8,10-11H2,1H3,(H,20,23). The van der Waals surface area contributed by atoms with Crippen molar-refractivity contribution in [3.8, 4) is 0 Å². The first-order valence-corrected chi connectivity index (χ1v) is 8.04. The van der Waals surface area contributed by atoms with Crippen LogP contribution in [0, 0.1) is 6.92 Å². The summed E-state index contributed by atoms with van der Waals surface area (Å²) in [6, 6.07) is 11.9. The van der Waals surface area contributed by atoms with E-state index in [1.54, 1.807) is 6.20 Å². The lowest BCUT2D eigenvalue weighted by molar-refractivity contribution is 0.0939. The van der Waals surface area contributed by atoms with Gasteiger partial charge in [0.05, 0.1) is 0 Å². The van der Waals surface area contributed by atoms with Gasteiger partial charge >= 0.3 is 0 Å². The fourth-order valence-electron chi connectivity index (χ4n) is 3.04. The van der Waals surface area contributed by atoms with Crippen LogP contribution in [0.3, 0.4) is 0 Å². The first kappa shape index (κ1) is 14.7. The van der Waals surface area contributed by atoms with Crippen molar-refractivity contribution in [1.82, 2.24) is 15.3 Å². The van der Waals surface area contributed by atoms with E-state index in [2.05, 4.69) is 15.3 Å². The van der Waals surface area contributed by atoms with E-state index in [-0.39, 0.29) is 11.9 Å². The van der Waals surface area contributed by atoms with Gasteiger partial charge < -0.3 is 14.6 Å². The van der Waals surface area contributed by atoms with Gasteiger partial charge in [0, 0.05) is 30.9 Å². The Morgan fingerprint density at radius 2 is 2.17 bits per heavy atom. The largest absolute Gasteiger partial charge is 0.422 e. The molecule has 4 rings (SSSR count). The maximum Gasteiger partial charge on any atom is 0.300 e. The average Bonchev–Trinajstić information content (AvgIpc) is 3.21. The number of anilines is 1. The van der Waals surface area contributed by atoms with Crippen LogP contribution in [-0.4, -0.2) is 35.0 Å². The molecule has 1 aliphatic heterocycles. The molecule has 1 aliphatic rings. The number of nitrogens with one attached hydrogen (secondary N) is 1. The summed E-state index contributed by atoms with van der Waals surface area (Å²) >= 11 is 0. The molecule has 3 heterocycles. The average molecular weight is 322 g/mol. The number of hydrogen-bond donors (Lipinski definition) is 1. The molecular weight excluding hydrogens is 304 g/mol. The Bertz CT molecular complexity index is 856. The van der Waals surface area contributed by atoms with Crippen LogP contribution in [0.25, 0.3) is 11.2 Å². The third kappa shape index (κ3) is 2.71. The van der Waals surface area contributed by atoms with Gasteiger partial charge in [0.2, 0.25) is 5.65 Å². The molecule has 1 saturated heterocycles. The van der Waals surface area contributed by atoms with Crippen LogP contribution in [0.4, 0.5) is 6.01 Å². The normalized spacial score (nSPS) is 17.4. The maximum absolute atomic E-state index is 12.4. The van der Waals surface area contributed by atoms with Crippen molar-refractivity contribution in [2.45, 2.75) is 19.4 Å². The molecule has 1 amide bonds. The van der Waals surface area contributed by atoms with Crippen LogP contribution < -0.4 is 10.2 Å². The van der Waals surface area contributed by atoms with Crippen LogP contribution in [0.15, 0.2) is 47.0 Å². The lowest BCUT2D eigenvalue weighted by atomic mass is 10.1. The Morgan fingerprint density at radius 1 is 1.29 bits per heavy atom. The van der Waals surface area contributed by atoms with Gasteiger partial charge in [0.25, 0.3) is 11.9 Å². The molecule has 6 nitrogen and oxygen atoms in total. The van der Waals surface area contributed by atoms with E-state index in [1.807, 2.05) is 48.2 Å². The number of carbonyl (C=O) groups is 1. The number of aryl methyl sites for hydroxylation is 1. The molecule has 1 aromatic carbocycles. The minimum atomic E-state index is -0.0285. The number of amides is 1. The first-order valence-electron chi connectivity index (χ1n) is 8.04. The summed E-state index contributed by atoms with van der Waals surface area (Å²) in [4.78, 5) is 23.1. The van der Waals surface area contributed by atoms with Gasteiger partial charge in [-0.25, -0.2) is 4.98 Å². The molecule has 1 atom stereocenters. The predicted octanol–water partition coefficient (Wildman–Crippen LogP) is 2.54. The molecule has 1 N–H and O–H groups in total. The topological polar surface area (TPSA) is 71.3 Å². The third-order valence-electron chi connectivity index (χ3n) is 4.34. The fraction of sp³-hybridized carbons (Fsp3) is 0.278. The van der Waals surface area contributed by atoms with Gasteiger partial charge in [0.15, 0.2) is 5.58 Å². The van der Waals surface area contributed by atoms with Crippen molar-refractivity contribution in [1.29, 1.82) is 0 Å². The van der Waals surface area contributed by atoms with E-state index in [1.165, 1.54) is 0 Å². The Balaban J connectivity index is 1.45. The molecule has 24 heavy (non-hydrogen) atoms. The molecule has 0 aliphatic carbocycles. The molecule has 3 aromatic rings. The summed E-state index contributed by atoms with van der Waals surface area (Å²) in [5, 5.41) is 3.10. The SMILES string of the molecule is Cc1ccccc1C(=O)NC1CCN(c2nc3ncccc3o2)C1. The maximum atomic E-state index is 12.4. The van der Waals surface area contributed by atoms with E-state index in [0.717, 1.165) is 24.1 Å². The van der Waals surface area contributed by atoms with E-state index in [4.69, 9.17) is 4.42 Å². The van der Waals surface area contributed by atoms with E-state index >= 15 is 0 Å². The van der Waals surface area contributed by atoms with Gasteiger partial charge in [-0.1, -0.05) is 18.2 Å². The van der Waals surface area contributed by atoms with Crippen molar-refractivity contribution in [2.24, 2.45) is 0 Å². The minimum absolute atomic E-state index is 0.0285.